The molecule has 1 aliphatic heterocycles. The van der Waals surface area contributed by atoms with E-state index in [1.54, 1.807) is 0 Å². The Morgan fingerprint density at radius 3 is 2.50 bits per heavy atom. The minimum absolute atomic E-state index is 0.118. The Morgan fingerprint density at radius 1 is 1.15 bits per heavy atom. The standard InChI is InChI=1S/C17H25N3/c1-13-5-4-6-14(11-13)20-15(18)19-12-17(20)9-7-16(2,3)8-10-17/h4-6,11H,7-10,12H2,1-3H3,(H2,18,19). The van der Waals surface area contributed by atoms with E-state index in [1.807, 2.05) is 0 Å². The first-order chi connectivity index (χ1) is 9.42. The van der Waals surface area contributed by atoms with Crippen molar-refractivity contribution in [1.29, 1.82) is 0 Å². The van der Waals surface area contributed by atoms with Crippen LogP contribution in [-0.2, 0) is 0 Å². The fraction of sp³-hybridized carbons (Fsp3) is 0.588. The van der Waals surface area contributed by atoms with Gasteiger partial charge >= 0.3 is 0 Å². The summed E-state index contributed by atoms with van der Waals surface area (Å²) >= 11 is 0. The van der Waals surface area contributed by atoms with Crippen molar-refractivity contribution >= 4 is 11.6 Å². The predicted molar refractivity (Wildman–Crippen MR) is 85.1 cm³/mol. The summed E-state index contributed by atoms with van der Waals surface area (Å²) in [6.45, 7) is 7.72. The van der Waals surface area contributed by atoms with E-state index in [0.717, 1.165) is 6.54 Å². The Labute approximate surface area is 121 Å². The zero-order chi connectivity index (χ0) is 14.4. The normalized spacial score (nSPS) is 23.9. The fourth-order valence-corrected chi connectivity index (χ4v) is 3.56. The summed E-state index contributed by atoms with van der Waals surface area (Å²) in [5, 5.41) is 0. The molecule has 1 spiro atoms. The third-order valence-corrected chi connectivity index (χ3v) is 5.03. The van der Waals surface area contributed by atoms with Gasteiger partial charge in [0.25, 0.3) is 0 Å². The van der Waals surface area contributed by atoms with E-state index >= 15 is 0 Å². The van der Waals surface area contributed by atoms with Crippen LogP contribution in [0.25, 0.3) is 0 Å². The first kappa shape index (κ1) is 13.5. The van der Waals surface area contributed by atoms with Gasteiger partial charge in [0, 0.05) is 5.69 Å². The van der Waals surface area contributed by atoms with Gasteiger partial charge in [0.2, 0.25) is 0 Å². The molecule has 1 saturated carbocycles. The monoisotopic (exact) mass is 271 g/mol. The van der Waals surface area contributed by atoms with Crippen LogP contribution in [0.4, 0.5) is 5.69 Å². The van der Waals surface area contributed by atoms with Crippen molar-refractivity contribution in [2.75, 3.05) is 11.4 Å². The zero-order valence-corrected chi connectivity index (χ0v) is 12.8. The first-order valence-electron chi connectivity index (χ1n) is 7.59. The third kappa shape index (κ3) is 2.19. The molecule has 1 aromatic rings. The molecule has 3 nitrogen and oxygen atoms in total. The van der Waals surface area contributed by atoms with Gasteiger partial charge in [0.1, 0.15) is 0 Å². The lowest BCUT2D eigenvalue weighted by atomic mass is 9.69. The molecule has 0 amide bonds. The molecule has 0 atom stereocenters. The number of hydrogen-bond donors (Lipinski definition) is 1. The lowest BCUT2D eigenvalue weighted by Gasteiger charge is -2.46. The largest absolute Gasteiger partial charge is 0.369 e. The van der Waals surface area contributed by atoms with Crippen LogP contribution in [0.5, 0.6) is 0 Å². The highest BCUT2D eigenvalue weighted by molar-refractivity contribution is 5.98. The number of aliphatic imine (C=N–C) groups is 1. The van der Waals surface area contributed by atoms with Crippen molar-refractivity contribution in [3.05, 3.63) is 29.8 Å². The molecule has 2 N–H and O–H groups in total. The minimum atomic E-state index is 0.118. The molecular weight excluding hydrogens is 246 g/mol. The van der Waals surface area contributed by atoms with E-state index < -0.39 is 0 Å². The highest BCUT2D eigenvalue weighted by Crippen LogP contribution is 2.46. The Bertz CT molecular complexity index is 535. The second-order valence-corrected chi connectivity index (χ2v) is 7.24. The summed E-state index contributed by atoms with van der Waals surface area (Å²) in [7, 11) is 0. The number of nitrogens with zero attached hydrogens (tertiary/aromatic N) is 2. The summed E-state index contributed by atoms with van der Waals surface area (Å²) in [6.07, 6.45) is 4.85. The van der Waals surface area contributed by atoms with Crippen LogP contribution >= 0.6 is 0 Å². The van der Waals surface area contributed by atoms with Crippen LogP contribution in [0.15, 0.2) is 29.3 Å². The van der Waals surface area contributed by atoms with Crippen molar-refractivity contribution in [2.24, 2.45) is 16.1 Å². The molecule has 0 aromatic heterocycles. The highest BCUT2D eigenvalue weighted by Gasteiger charge is 2.46. The highest BCUT2D eigenvalue weighted by atomic mass is 15.4. The molecule has 1 aromatic carbocycles. The lowest BCUT2D eigenvalue weighted by molar-refractivity contribution is 0.176. The fourth-order valence-electron chi connectivity index (χ4n) is 3.56. The van der Waals surface area contributed by atoms with Crippen LogP contribution in [0.3, 0.4) is 0 Å². The third-order valence-electron chi connectivity index (χ3n) is 5.03. The zero-order valence-electron chi connectivity index (χ0n) is 12.8. The summed E-state index contributed by atoms with van der Waals surface area (Å²) in [5.74, 6) is 0.690. The number of anilines is 1. The molecule has 3 rings (SSSR count). The van der Waals surface area contributed by atoms with Gasteiger partial charge in [0.05, 0.1) is 12.1 Å². The molecule has 0 unspecified atom stereocenters. The van der Waals surface area contributed by atoms with E-state index in [2.05, 4.69) is 54.9 Å². The van der Waals surface area contributed by atoms with Gasteiger partial charge in [-0.25, -0.2) is 0 Å². The molecule has 20 heavy (non-hydrogen) atoms. The molecular formula is C17H25N3. The Balaban J connectivity index is 1.93. The van der Waals surface area contributed by atoms with Gasteiger partial charge < -0.3 is 10.6 Å². The van der Waals surface area contributed by atoms with Gasteiger partial charge in [-0.05, 0) is 55.7 Å². The van der Waals surface area contributed by atoms with Crippen molar-refractivity contribution < 1.29 is 0 Å². The maximum atomic E-state index is 6.21. The lowest BCUT2D eigenvalue weighted by Crippen LogP contribution is -2.54. The SMILES string of the molecule is Cc1cccc(N2C(N)=NCC23CCC(C)(C)CC3)c1. The predicted octanol–water partition coefficient (Wildman–Crippen LogP) is 3.47. The minimum Gasteiger partial charge on any atom is -0.369 e. The number of rotatable bonds is 1. The first-order valence-corrected chi connectivity index (χ1v) is 7.59. The number of aryl methyl sites for hydroxylation is 1. The Kier molecular flexibility index (Phi) is 3.03. The summed E-state index contributed by atoms with van der Waals surface area (Å²) in [4.78, 5) is 6.87. The van der Waals surface area contributed by atoms with E-state index in [9.17, 15) is 0 Å². The Morgan fingerprint density at radius 2 is 1.85 bits per heavy atom. The van der Waals surface area contributed by atoms with Crippen molar-refractivity contribution in [1.82, 2.24) is 0 Å². The van der Waals surface area contributed by atoms with Gasteiger partial charge in [-0.15, -0.1) is 0 Å². The van der Waals surface area contributed by atoms with Crippen molar-refractivity contribution in [3.8, 4) is 0 Å². The van der Waals surface area contributed by atoms with Crippen LogP contribution in [0.1, 0.15) is 45.1 Å². The molecule has 1 heterocycles. The van der Waals surface area contributed by atoms with Gasteiger partial charge in [0.15, 0.2) is 5.96 Å². The average Bonchev–Trinajstić information content (AvgIpc) is 2.71. The number of hydrogen-bond acceptors (Lipinski definition) is 3. The summed E-state index contributed by atoms with van der Waals surface area (Å²) in [5.41, 5.74) is 9.26. The van der Waals surface area contributed by atoms with Crippen molar-refractivity contribution in [2.45, 2.75) is 52.0 Å². The van der Waals surface area contributed by atoms with Crippen LogP contribution < -0.4 is 10.6 Å². The second-order valence-electron chi connectivity index (χ2n) is 7.24. The number of guanidine groups is 1. The topological polar surface area (TPSA) is 41.6 Å². The van der Waals surface area contributed by atoms with Gasteiger partial charge in [-0.1, -0.05) is 26.0 Å². The quantitative estimate of drug-likeness (QED) is 0.849. The maximum absolute atomic E-state index is 6.21. The van der Waals surface area contributed by atoms with E-state index in [0.29, 0.717) is 11.4 Å². The smallest absolute Gasteiger partial charge is 0.196 e. The van der Waals surface area contributed by atoms with E-state index in [1.165, 1.54) is 36.9 Å². The maximum Gasteiger partial charge on any atom is 0.196 e. The van der Waals surface area contributed by atoms with Gasteiger partial charge in [-0.3, -0.25) is 4.99 Å². The Hall–Kier alpha value is -1.51. The molecule has 108 valence electrons. The average molecular weight is 271 g/mol. The molecule has 3 heteroatoms. The molecule has 1 fully saturated rings. The molecule has 2 aliphatic rings. The number of nitrogens with two attached hydrogens (primary N) is 1. The summed E-state index contributed by atoms with van der Waals surface area (Å²) in [6, 6.07) is 8.61. The summed E-state index contributed by atoms with van der Waals surface area (Å²) < 4.78 is 0. The number of benzene rings is 1. The second kappa shape index (κ2) is 4.51. The molecule has 0 saturated heterocycles. The molecule has 1 aliphatic carbocycles. The van der Waals surface area contributed by atoms with Gasteiger partial charge in [-0.2, -0.15) is 0 Å². The van der Waals surface area contributed by atoms with Crippen LogP contribution in [0.2, 0.25) is 0 Å². The van der Waals surface area contributed by atoms with Crippen LogP contribution in [-0.4, -0.2) is 18.0 Å². The van der Waals surface area contributed by atoms with Crippen molar-refractivity contribution in [3.63, 3.8) is 0 Å². The molecule has 0 radical (unpaired) electrons. The molecule has 0 bridgehead atoms. The van der Waals surface area contributed by atoms with Crippen LogP contribution in [0, 0.1) is 12.3 Å². The van der Waals surface area contributed by atoms with E-state index in [4.69, 9.17) is 5.73 Å². The van der Waals surface area contributed by atoms with E-state index in [-0.39, 0.29) is 5.54 Å².